The van der Waals surface area contributed by atoms with Crippen LogP contribution in [0.2, 0.25) is 5.02 Å². The highest BCUT2D eigenvalue weighted by Crippen LogP contribution is 2.32. The molecule has 3 rings (SSSR count). The lowest BCUT2D eigenvalue weighted by Gasteiger charge is -2.34. The van der Waals surface area contributed by atoms with Gasteiger partial charge in [0.2, 0.25) is 0 Å². The number of benzene rings is 1. The van der Waals surface area contributed by atoms with Gasteiger partial charge in [-0.15, -0.1) is 0 Å². The molecular formula is C15H20ClN3. The lowest BCUT2D eigenvalue weighted by Crippen LogP contribution is -2.45. The molecule has 1 atom stereocenters. The monoisotopic (exact) mass is 277 g/mol. The zero-order chi connectivity index (χ0) is 13.5. The summed E-state index contributed by atoms with van der Waals surface area (Å²) < 4.78 is 2.29. The van der Waals surface area contributed by atoms with Crippen molar-refractivity contribution in [3.8, 4) is 0 Å². The van der Waals surface area contributed by atoms with Crippen molar-refractivity contribution in [3.63, 3.8) is 0 Å². The molecule has 2 heterocycles. The lowest BCUT2D eigenvalue weighted by atomic mass is 9.90. The highest BCUT2D eigenvalue weighted by atomic mass is 35.5. The predicted molar refractivity (Wildman–Crippen MR) is 79.6 cm³/mol. The minimum absolute atomic E-state index is 0.0141. The summed E-state index contributed by atoms with van der Waals surface area (Å²) in [6.07, 6.45) is 3.66. The third-order valence-corrected chi connectivity index (χ3v) is 4.37. The Morgan fingerprint density at radius 2 is 2.26 bits per heavy atom. The number of nitrogens with zero attached hydrogens (tertiary/aromatic N) is 2. The molecule has 4 heteroatoms. The molecule has 0 radical (unpaired) electrons. The summed E-state index contributed by atoms with van der Waals surface area (Å²) in [6, 6.07) is 5.94. The molecule has 0 aliphatic carbocycles. The minimum atomic E-state index is -0.0141. The maximum Gasteiger partial charge on any atom is 0.129 e. The zero-order valence-electron chi connectivity index (χ0n) is 11.5. The Morgan fingerprint density at radius 3 is 2.95 bits per heavy atom. The van der Waals surface area contributed by atoms with E-state index in [1.807, 2.05) is 18.2 Å². The van der Waals surface area contributed by atoms with Crippen molar-refractivity contribution in [1.82, 2.24) is 14.9 Å². The van der Waals surface area contributed by atoms with E-state index in [9.17, 15) is 0 Å². The summed E-state index contributed by atoms with van der Waals surface area (Å²) in [7, 11) is 0. The molecule has 3 nitrogen and oxygen atoms in total. The highest BCUT2D eigenvalue weighted by molar-refractivity contribution is 6.31. The number of fused-ring (bicyclic) bond motifs is 1. The Labute approximate surface area is 119 Å². The number of imidazole rings is 1. The van der Waals surface area contributed by atoms with E-state index in [0.29, 0.717) is 0 Å². The number of aryl methyl sites for hydroxylation is 1. The van der Waals surface area contributed by atoms with Gasteiger partial charge in [0.25, 0.3) is 0 Å². The second-order valence-electron chi connectivity index (χ2n) is 5.53. The summed E-state index contributed by atoms with van der Waals surface area (Å²) in [5.41, 5.74) is 2.16. The van der Waals surface area contributed by atoms with E-state index in [4.69, 9.17) is 16.6 Å². The first-order valence-corrected chi connectivity index (χ1v) is 7.43. The number of piperidine rings is 1. The molecule has 102 valence electrons. The van der Waals surface area contributed by atoms with Crippen LogP contribution in [0.25, 0.3) is 11.0 Å². The SMILES string of the molecule is CCn1c(C2(C)CCCCN2)nc2ccc(Cl)cc21. The van der Waals surface area contributed by atoms with Crippen LogP contribution in [0.15, 0.2) is 18.2 Å². The van der Waals surface area contributed by atoms with Crippen LogP contribution < -0.4 is 5.32 Å². The van der Waals surface area contributed by atoms with Crippen LogP contribution in [0.3, 0.4) is 0 Å². The first-order valence-electron chi connectivity index (χ1n) is 7.05. The lowest BCUT2D eigenvalue weighted by molar-refractivity contribution is 0.262. The largest absolute Gasteiger partial charge is 0.327 e. The summed E-state index contributed by atoms with van der Waals surface area (Å²) in [5, 5.41) is 4.42. The fraction of sp³-hybridized carbons (Fsp3) is 0.533. The Hall–Kier alpha value is -1.06. The van der Waals surface area contributed by atoms with Crippen LogP contribution >= 0.6 is 11.6 Å². The van der Waals surface area contributed by atoms with Crippen molar-refractivity contribution < 1.29 is 0 Å². The summed E-state index contributed by atoms with van der Waals surface area (Å²) in [5.74, 6) is 1.15. The van der Waals surface area contributed by atoms with Gasteiger partial charge in [-0.05, 0) is 57.9 Å². The molecule has 1 unspecified atom stereocenters. The van der Waals surface area contributed by atoms with Crippen LogP contribution in [0, 0.1) is 0 Å². The average molecular weight is 278 g/mol. The average Bonchev–Trinajstić information content (AvgIpc) is 2.78. The van der Waals surface area contributed by atoms with Crippen molar-refractivity contribution in [3.05, 3.63) is 29.0 Å². The van der Waals surface area contributed by atoms with E-state index in [1.54, 1.807) is 0 Å². The number of hydrogen-bond donors (Lipinski definition) is 1. The standard InChI is InChI=1S/C15H20ClN3/c1-3-19-13-10-11(16)6-7-12(13)18-14(19)15(2)8-4-5-9-17-15/h6-7,10,17H,3-5,8-9H2,1-2H3. The molecule has 1 aliphatic heterocycles. The molecule has 1 aromatic heterocycles. The van der Waals surface area contributed by atoms with Gasteiger partial charge in [0.1, 0.15) is 5.82 Å². The molecule has 19 heavy (non-hydrogen) atoms. The van der Waals surface area contributed by atoms with Crippen molar-refractivity contribution in [1.29, 1.82) is 0 Å². The Kier molecular flexibility index (Phi) is 3.27. The number of rotatable bonds is 2. The normalized spacial score (nSPS) is 23.9. The Balaban J connectivity index is 2.17. The number of halogens is 1. The molecule has 2 aromatic rings. The van der Waals surface area contributed by atoms with E-state index in [-0.39, 0.29) is 5.54 Å². The molecule has 0 amide bonds. The van der Waals surface area contributed by atoms with E-state index >= 15 is 0 Å². The first-order chi connectivity index (χ1) is 9.14. The molecule has 1 fully saturated rings. The van der Waals surface area contributed by atoms with Gasteiger partial charge in [-0.25, -0.2) is 4.98 Å². The molecule has 1 N–H and O–H groups in total. The second-order valence-corrected chi connectivity index (χ2v) is 5.97. The highest BCUT2D eigenvalue weighted by Gasteiger charge is 2.33. The smallest absolute Gasteiger partial charge is 0.129 e. The van der Waals surface area contributed by atoms with Crippen molar-refractivity contribution in [2.24, 2.45) is 0 Å². The van der Waals surface area contributed by atoms with Gasteiger partial charge in [0.05, 0.1) is 16.6 Å². The molecule has 1 aromatic carbocycles. The number of aromatic nitrogens is 2. The maximum absolute atomic E-state index is 6.12. The third-order valence-electron chi connectivity index (χ3n) is 4.14. The predicted octanol–water partition coefficient (Wildman–Crippen LogP) is 3.70. The molecule has 0 bridgehead atoms. The van der Waals surface area contributed by atoms with E-state index in [2.05, 4.69) is 23.7 Å². The topological polar surface area (TPSA) is 29.9 Å². The third kappa shape index (κ3) is 2.15. The zero-order valence-corrected chi connectivity index (χ0v) is 12.3. The van der Waals surface area contributed by atoms with Crippen LogP contribution in [0.4, 0.5) is 0 Å². The maximum atomic E-state index is 6.12. The Morgan fingerprint density at radius 1 is 1.42 bits per heavy atom. The van der Waals surface area contributed by atoms with Crippen molar-refractivity contribution >= 4 is 22.6 Å². The van der Waals surface area contributed by atoms with Gasteiger partial charge in [-0.3, -0.25) is 0 Å². The number of hydrogen-bond acceptors (Lipinski definition) is 2. The van der Waals surface area contributed by atoms with Crippen LogP contribution in [-0.4, -0.2) is 16.1 Å². The summed E-state index contributed by atoms with van der Waals surface area (Å²) >= 11 is 6.12. The van der Waals surface area contributed by atoms with Gasteiger partial charge >= 0.3 is 0 Å². The quantitative estimate of drug-likeness (QED) is 0.907. The molecule has 0 spiro atoms. The van der Waals surface area contributed by atoms with Gasteiger partial charge in [0, 0.05) is 11.6 Å². The van der Waals surface area contributed by atoms with Crippen molar-refractivity contribution in [2.75, 3.05) is 6.54 Å². The van der Waals surface area contributed by atoms with E-state index in [1.165, 1.54) is 12.8 Å². The van der Waals surface area contributed by atoms with Gasteiger partial charge in [-0.2, -0.15) is 0 Å². The second kappa shape index (κ2) is 4.80. The fourth-order valence-corrected chi connectivity index (χ4v) is 3.25. The van der Waals surface area contributed by atoms with Gasteiger partial charge in [-0.1, -0.05) is 11.6 Å². The molecule has 1 saturated heterocycles. The minimum Gasteiger partial charge on any atom is -0.327 e. The fourth-order valence-electron chi connectivity index (χ4n) is 3.08. The summed E-state index contributed by atoms with van der Waals surface area (Å²) in [6.45, 7) is 6.42. The van der Waals surface area contributed by atoms with Crippen LogP contribution in [0.5, 0.6) is 0 Å². The van der Waals surface area contributed by atoms with Gasteiger partial charge in [0.15, 0.2) is 0 Å². The van der Waals surface area contributed by atoms with E-state index in [0.717, 1.165) is 41.4 Å². The Bertz CT molecular complexity index is 597. The van der Waals surface area contributed by atoms with Crippen molar-refractivity contribution in [2.45, 2.75) is 45.2 Å². The van der Waals surface area contributed by atoms with Crippen LogP contribution in [0.1, 0.15) is 38.9 Å². The van der Waals surface area contributed by atoms with E-state index < -0.39 is 0 Å². The molecule has 0 saturated carbocycles. The van der Waals surface area contributed by atoms with Gasteiger partial charge < -0.3 is 9.88 Å². The molecule has 1 aliphatic rings. The summed E-state index contributed by atoms with van der Waals surface area (Å²) in [4.78, 5) is 4.86. The molecular weight excluding hydrogens is 258 g/mol. The van der Waals surface area contributed by atoms with Crippen LogP contribution in [-0.2, 0) is 12.1 Å². The number of nitrogens with one attached hydrogen (secondary N) is 1. The first kappa shape index (κ1) is 12.9.